The summed E-state index contributed by atoms with van der Waals surface area (Å²) in [6.07, 6.45) is 4.16. The molecule has 1 aromatic rings. The molecule has 1 aromatic carbocycles. The number of hydrogen-bond acceptors (Lipinski definition) is 4. The standard InChI is InChI=1S/C16H16ClNO5/c17-11-8-10(9-13-15(11)23-7-6-22-13)3-4-14(19)18-5-1-2-12(18)16(20)21/h3-4,8-9,12H,1-2,5-7H2,(H,20,21). The van der Waals surface area contributed by atoms with Crippen LogP contribution in [0.15, 0.2) is 18.2 Å². The fourth-order valence-corrected chi connectivity index (χ4v) is 3.05. The predicted molar refractivity (Wildman–Crippen MR) is 83.8 cm³/mol. The van der Waals surface area contributed by atoms with Gasteiger partial charge >= 0.3 is 5.97 Å². The summed E-state index contributed by atoms with van der Waals surface area (Å²) in [5.41, 5.74) is 0.693. The van der Waals surface area contributed by atoms with E-state index in [0.717, 1.165) is 0 Å². The number of carbonyl (C=O) groups is 2. The molecule has 0 aliphatic carbocycles. The number of carbonyl (C=O) groups excluding carboxylic acids is 1. The van der Waals surface area contributed by atoms with Crippen LogP contribution in [0.1, 0.15) is 18.4 Å². The zero-order valence-corrected chi connectivity index (χ0v) is 13.1. The lowest BCUT2D eigenvalue weighted by molar-refractivity contribution is -0.146. The summed E-state index contributed by atoms with van der Waals surface area (Å²) in [6.45, 7) is 1.36. The fourth-order valence-electron chi connectivity index (χ4n) is 2.78. The van der Waals surface area contributed by atoms with Gasteiger partial charge in [-0.15, -0.1) is 0 Å². The van der Waals surface area contributed by atoms with E-state index >= 15 is 0 Å². The Labute approximate surface area is 138 Å². The minimum Gasteiger partial charge on any atom is -0.486 e. The van der Waals surface area contributed by atoms with Crippen LogP contribution in [0, 0.1) is 0 Å². The number of amides is 1. The Bertz CT molecular complexity index is 673. The molecule has 1 unspecified atom stereocenters. The number of rotatable bonds is 3. The molecule has 6 nitrogen and oxygen atoms in total. The number of nitrogens with zero attached hydrogens (tertiary/aromatic N) is 1. The molecule has 7 heteroatoms. The van der Waals surface area contributed by atoms with Crippen LogP contribution in [0.5, 0.6) is 11.5 Å². The average molecular weight is 338 g/mol. The van der Waals surface area contributed by atoms with E-state index in [1.165, 1.54) is 11.0 Å². The summed E-state index contributed by atoms with van der Waals surface area (Å²) in [5, 5.41) is 9.54. The highest BCUT2D eigenvalue weighted by Crippen LogP contribution is 2.38. The van der Waals surface area contributed by atoms with Crippen molar-refractivity contribution in [3.63, 3.8) is 0 Å². The number of carboxylic acids is 1. The van der Waals surface area contributed by atoms with Gasteiger partial charge in [0, 0.05) is 12.6 Å². The van der Waals surface area contributed by atoms with Crippen LogP contribution in [0.2, 0.25) is 5.02 Å². The van der Waals surface area contributed by atoms with E-state index < -0.39 is 12.0 Å². The third-order valence-electron chi connectivity index (χ3n) is 3.86. The topological polar surface area (TPSA) is 76.1 Å². The quantitative estimate of drug-likeness (QED) is 0.856. The van der Waals surface area contributed by atoms with Gasteiger partial charge in [0.15, 0.2) is 11.5 Å². The monoisotopic (exact) mass is 337 g/mol. The molecule has 1 N–H and O–H groups in total. The summed E-state index contributed by atoms with van der Waals surface area (Å²) >= 11 is 6.14. The number of likely N-dealkylation sites (tertiary alicyclic amines) is 1. The second-order valence-corrected chi connectivity index (χ2v) is 5.80. The van der Waals surface area contributed by atoms with Gasteiger partial charge in [-0.2, -0.15) is 0 Å². The molecule has 1 amide bonds. The Morgan fingerprint density at radius 2 is 2.09 bits per heavy atom. The smallest absolute Gasteiger partial charge is 0.326 e. The molecular formula is C16H16ClNO5. The van der Waals surface area contributed by atoms with Gasteiger partial charge < -0.3 is 19.5 Å². The number of aliphatic carboxylic acids is 1. The van der Waals surface area contributed by atoms with Crippen molar-refractivity contribution < 1.29 is 24.2 Å². The highest BCUT2D eigenvalue weighted by atomic mass is 35.5. The number of benzene rings is 1. The van der Waals surface area contributed by atoms with E-state index in [2.05, 4.69) is 0 Å². The number of carboxylic acid groups (broad SMARTS) is 1. The lowest BCUT2D eigenvalue weighted by Crippen LogP contribution is -2.39. The van der Waals surface area contributed by atoms with E-state index in [4.69, 9.17) is 26.2 Å². The summed E-state index contributed by atoms with van der Waals surface area (Å²) in [6, 6.07) is 2.68. The number of hydrogen-bond donors (Lipinski definition) is 1. The summed E-state index contributed by atoms with van der Waals surface area (Å²) in [4.78, 5) is 24.7. The van der Waals surface area contributed by atoms with Gasteiger partial charge in [-0.25, -0.2) is 4.79 Å². The molecule has 0 saturated carbocycles. The molecule has 1 saturated heterocycles. The second kappa shape index (κ2) is 6.50. The minimum absolute atomic E-state index is 0.319. The van der Waals surface area contributed by atoms with Crippen molar-refractivity contribution in [1.82, 2.24) is 4.90 Å². The van der Waals surface area contributed by atoms with Crippen LogP contribution >= 0.6 is 11.6 Å². The zero-order valence-electron chi connectivity index (χ0n) is 12.3. The molecule has 3 rings (SSSR count). The SMILES string of the molecule is O=C(O)C1CCCN1C(=O)C=Cc1cc(Cl)c2c(c1)OCCO2. The first-order chi connectivity index (χ1) is 11.1. The van der Waals surface area contributed by atoms with Crippen molar-refractivity contribution in [2.75, 3.05) is 19.8 Å². The van der Waals surface area contributed by atoms with Gasteiger partial charge in [-0.3, -0.25) is 4.79 Å². The molecule has 2 aliphatic heterocycles. The van der Waals surface area contributed by atoms with Gasteiger partial charge in [0.2, 0.25) is 5.91 Å². The highest BCUT2D eigenvalue weighted by molar-refractivity contribution is 6.32. The lowest BCUT2D eigenvalue weighted by atomic mass is 10.1. The Hall–Kier alpha value is -2.21. The van der Waals surface area contributed by atoms with E-state index in [9.17, 15) is 9.59 Å². The lowest BCUT2D eigenvalue weighted by Gasteiger charge is -2.20. The average Bonchev–Trinajstić information content (AvgIpc) is 3.02. The van der Waals surface area contributed by atoms with Crippen LogP contribution in [0.4, 0.5) is 0 Å². The highest BCUT2D eigenvalue weighted by Gasteiger charge is 2.32. The first-order valence-corrected chi connectivity index (χ1v) is 7.74. The normalized spacial score (nSPS) is 20.0. The van der Waals surface area contributed by atoms with E-state index in [0.29, 0.717) is 54.7 Å². The van der Waals surface area contributed by atoms with Gasteiger partial charge in [0.05, 0.1) is 5.02 Å². The van der Waals surface area contributed by atoms with E-state index in [1.54, 1.807) is 18.2 Å². The third-order valence-corrected chi connectivity index (χ3v) is 4.14. The van der Waals surface area contributed by atoms with Crippen LogP contribution in [0.25, 0.3) is 6.08 Å². The number of fused-ring (bicyclic) bond motifs is 1. The van der Waals surface area contributed by atoms with Crippen molar-refractivity contribution in [1.29, 1.82) is 0 Å². The second-order valence-electron chi connectivity index (χ2n) is 5.39. The first kappa shape index (κ1) is 15.7. The summed E-state index contributed by atoms with van der Waals surface area (Å²) in [5.74, 6) is -0.236. The minimum atomic E-state index is -0.966. The molecule has 122 valence electrons. The van der Waals surface area contributed by atoms with E-state index in [1.807, 2.05) is 0 Å². The molecule has 0 spiro atoms. The largest absolute Gasteiger partial charge is 0.486 e. The number of halogens is 1. The fraction of sp³-hybridized carbons (Fsp3) is 0.375. The molecule has 2 aliphatic rings. The molecule has 0 radical (unpaired) electrons. The van der Waals surface area contributed by atoms with Crippen LogP contribution in [-0.2, 0) is 9.59 Å². The maximum absolute atomic E-state index is 12.2. The molecule has 1 atom stereocenters. The van der Waals surface area contributed by atoms with Crippen molar-refractivity contribution in [2.45, 2.75) is 18.9 Å². The Morgan fingerprint density at radius 1 is 1.30 bits per heavy atom. The molecule has 0 aromatic heterocycles. The van der Waals surface area contributed by atoms with Crippen LogP contribution < -0.4 is 9.47 Å². The Balaban J connectivity index is 1.76. The molecular weight excluding hydrogens is 322 g/mol. The first-order valence-electron chi connectivity index (χ1n) is 7.37. The molecule has 2 heterocycles. The summed E-state index contributed by atoms with van der Waals surface area (Å²) < 4.78 is 10.9. The van der Waals surface area contributed by atoms with Gasteiger partial charge in [-0.1, -0.05) is 11.6 Å². The van der Waals surface area contributed by atoms with Crippen molar-refractivity contribution in [3.8, 4) is 11.5 Å². The number of ether oxygens (including phenoxy) is 2. The van der Waals surface area contributed by atoms with Crippen LogP contribution in [0.3, 0.4) is 0 Å². The Kier molecular flexibility index (Phi) is 4.43. The van der Waals surface area contributed by atoms with Crippen molar-refractivity contribution in [3.05, 3.63) is 28.8 Å². The van der Waals surface area contributed by atoms with Gasteiger partial charge in [0.25, 0.3) is 0 Å². The third kappa shape index (κ3) is 3.27. The maximum atomic E-state index is 12.2. The molecule has 0 bridgehead atoms. The maximum Gasteiger partial charge on any atom is 0.326 e. The van der Waals surface area contributed by atoms with Gasteiger partial charge in [0.1, 0.15) is 19.3 Å². The van der Waals surface area contributed by atoms with Crippen LogP contribution in [-0.4, -0.2) is 47.7 Å². The van der Waals surface area contributed by atoms with Crippen molar-refractivity contribution >= 4 is 29.6 Å². The van der Waals surface area contributed by atoms with Crippen molar-refractivity contribution in [2.24, 2.45) is 0 Å². The zero-order chi connectivity index (χ0) is 16.4. The van der Waals surface area contributed by atoms with Gasteiger partial charge in [-0.05, 0) is 36.6 Å². The van der Waals surface area contributed by atoms with E-state index in [-0.39, 0.29) is 5.91 Å². The Morgan fingerprint density at radius 3 is 2.87 bits per heavy atom. The molecule has 1 fully saturated rings. The predicted octanol–water partition coefficient (Wildman–Crippen LogP) is 2.20. The summed E-state index contributed by atoms with van der Waals surface area (Å²) in [7, 11) is 0. The molecule has 23 heavy (non-hydrogen) atoms.